The summed E-state index contributed by atoms with van der Waals surface area (Å²) in [5, 5.41) is 0.655. The summed E-state index contributed by atoms with van der Waals surface area (Å²) in [5.41, 5.74) is 1.45. The number of halogens is 1. The number of carbonyl (C=O) groups is 1. The first kappa shape index (κ1) is 17.8. The van der Waals surface area contributed by atoms with E-state index in [0.29, 0.717) is 36.0 Å². The van der Waals surface area contributed by atoms with Gasteiger partial charge in [0.1, 0.15) is 12.4 Å². The Morgan fingerprint density at radius 3 is 2.48 bits per heavy atom. The molecule has 0 spiro atoms. The lowest BCUT2D eigenvalue weighted by atomic mass is 10.1. The van der Waals surface area contributed by atoms with Crippen LogP contribution in [0.3, 0.4) is 0 Å². The fraction of sp³-hybridized carbons (Fsp3) is 0.350. The van der Waals surface area contributed by atoms with Crippen molar-refractivity contribution >= 4 is 17.5 Å². The number of para-hydroxylation sites is 1. The Bertz CT molecular complexity index is 739. The summed E-state index contributed by atoms with van der Waals surface area (Å²) in [6.07, 6.45) is 0.0628. The Morgan fingerprint density at radius 2 is 1.76 bits per heavy atom. The molecule has 0 radical (unpaired) electrons. The molecule has 1 heterocycles. The van der Waals surface area contributed by atoms with Crippen LogP contribution in [-0.4, -0.2) is 36.1 Å². The summed E-state index contributed by atoms with van der Waals surface area (Å²) in [6.45, 7) is 5.45. The monoisotopic (exact) mass is 359 g/mol. The second-order valence-electron chi connectivity index (χ2n) is 6.34. The van der Waals surface area contributed by atoms with E-state index in [-0.39, 0.29) is 18.1 Å². The molecular formula is C20H22ClNO3. The molecule has 1 saturated heterocycles. The molecule has 2 aromatic carbocycles. The lowest BCUT2D eigenvalue weighted by Crippen LogP contribution is -2.48. The number of rotatable bonds is 4. The molecule has 0 aliphatic carbocycles. The average molecular weight is 360 g/mol. The van der Waals surface area contributed by atoms with Crippen molar-refractivity contribution in [1.29, 1.82) is 0 Å². The van der Waals surface area contributed by atoms with Gasteiger partial charge in [0.2, 0.25) is 0 Å². The predicted molar refractivity (Wildman–Crippen MR) is 98.1 cm³/mol. The fourth-order valence-electron chi connectivity index (χ4n) is 3.05. The zero-order valence-electron chi connectivity index (χ0n) is 14.4. The van der Waals surface area contributed by atoms with Gasteiger partial charge in [-0.3, -0.25) is 4.79 Å². The van der Waals surface area contributed by atoms with Gasteiger partial charge < -0.3 is 14.4 Å². The van der Waals surface area contributed by atoms with Crippen molar-refractivity contribution in [2.24, 2.45) is 0 Å². The van der Waals surface area contributed by atoms with E-state index in [2.05, 4.69) is 0 Å². The maximum atomic E-state index is 13.0. The van der Waals surface area contributed by atoms with E-state index < -0.39 is 0 Å². The van der Waals surface area contributed by atoms with E-state index in [1.54, 1.807) is 6.07 Å². The number of amides is 1. The van der Waals surface area contributed by atoms with Gasteiger partial charge in [-0.1, -0.05) is 41.9 Å². The van der Waals surface area contributed by atoms with Gasteiger partial charge in [0.25, 0.3) is 5.91 Å². The molecule has 132 valence electrons. The molecule has 1 fully saturated rings. The van der Waals surface area contributed by atoms with Gasteiger partial charge in [-0.05, 0) is 32.0 Å². The van der Waals surface area contributed by atoms with Crippen LogP contribution in [0.2, 0.25) is 5.02 Å². The molecule has 4 nitrogen and oxygen atoms in total. The number of morpholine rings is 1. The molecule has 0 bridgehead atoms. The van der Waals surface area contributed by atoms with Gasteiger partial charge in [-0.15, -0.1) is 0 Å². The normalized spacial score (nSPS) is 20.4. The Balaban J connectivity index is 1.76. The topological polar surface area (TPSA) is 38.8 Å². The standard InChI is InChI=1S/C20H22ClNO3/c1-14-11-22(12-15(2)25-14)20(23)17-8-4-6-10-19(17)24-13-16-7-3-5-9-18(16)21/h3-10,14-15H,11-13H2,1-2H3/t14-,15-/m0/s1. The molecular weight excluding hydrogens is 338 g/mol. The Hall–Kier alpha value is -2.04. The van der Waals surface area contributed by atoms with Crippen LogP contribution in [0.4, 0.5) is 0 Å². The van der Waals surface area contributed by atoms with Gasteiger partial charge in [0, 0.05) is 23.7 Å². The molecule has 2 aromatic rings. The molecule has 2 atom stereocenters. The summed E-state index contributed by atoms with van der Waals surface area (Å²) in [5.74, 6) is 0.538. The third-order valence-corrected chi connectivity index (χ3v) is 4.53. The van der Waals surface area contributed by atoms with E-state index >= 15 is 0 Å². The Morgan fingerprint density at radius 1 is 1.12 bits per heavy atom. The van der Waals surface area contributed by atoms with E-state index in [0.717, 1.165) is 5.56 Å². The van der Waals surface area contributed by atoms with Gasteiger partial charge in [0.15, 0.2) is 0 Å². The van der Waals surface area contributed by atoms with E-state index in [1.807, 2.05) is 61.2 Å². The first-order chi connectivity index (χ1) is 12.0. The van der Waals surface area contributed by atoms with Crippen molar-refractivity contribution in [3.05, 3.63) is 64.7 Å². The summed E-state index contributed by atoms with van der Waals surface area (Å²) in [6, 6.07) is 14.9. The first-order valence-corrected chi connectivity index (χ1v) is 8.82. The zero-order valence-corrected chi connectivity index (χ0v) is 15.2. The van der Waals surface area contributed by atoms with Crippen molar-refractivity contribution < 1.29 is 14.3 Å². The maximum absolute atomic E-state index is 13.0. The number of hydrogen-bond donors (Lipinski definition) is 0. The molecule has 5 heteroatoms. The number of hydrogen-bond acceptors (Lipinski definition) is 3. The van der Waals surface area contributed by atoms with Gasteiger partial charge in [-0.2, -0.15) is 0 Å². The van der Waals surface area contributed by atoms with Crippen LogP contribution in [0.5, 0.6) is 5.75 Å². The third-order valence-electron chi connectivity index (χ3n) is 4.17. The highest BCUT2D eigenvalue weighted by atomic mass is 35.5. The summed E-state index contributed by atoms with van der Waals surface area (Å²) in [4.78, 5) is 14.8. The average Bonchev–Trinajstić information content (AvgIpc) is 2.60. The predicted octanol–water partition coefficient (Wildman–Crippen LogP) is 4.17. The largest absolute Gasteiger partial charge is 0.488 e. The molecule has 0 N–H and O–H groups in total. The number of carbonyl (C=O) groups excluding carboxylic acids is 1. The summed E-state index contributed by atoms with van der Waals surface area (Å²) >= 11 is 6.18. The highest BCUT2D eigenvalue weighted by Gasteiger charge is 2.28. The second kappa shape index (κ2) is 7.89. The highest BCUT2D eigenvalue weighted by Crippen LogP contribution is 2.24. The van der Waals surface area contributed by atoms with Crippen LogP contribution in [0.15, 0.2) is 48.5 Å². The van der Waals surface area contributed by atoms with Crippen LogP contribution in [0, 0.1) is 0 Å². The summed E-state index contributed by atoms with van der Waals surface area (Å²) < 4.78 is 11.6. The molecule has 3 rings (SSSR count). The third kappa shape index (κ3) is 4.33. The van der Waals surface area contributed by atoms with Crippen LogP contribution in [0.1, 0.15) is 29.8 Å². The van der Waals surface area contributed by atoms with Crippen LogP contribution in [-0.2, 0) is 11.3 Å². The van der Waals surface area contributed by atoms with E-state index in [4.69, 9.17) is 21.1 Å². The van der Waals surface area contributed by atoms with Gasteiger partial charge >= 0.3 is 0 Å². The van der Waals surface area contributed by atoms with Crippen molar-refractivity contribution in [1.82, 2.24) is 4.90 Å². The summed E-state index contributed by atoms with van der Waals surface area (Å²) in [7, 11) is 0. The Labute approximate surface area is 153 Å². The number of ether oxygens (including phenoxy) is 2. The van der Waals surface area contributed by atoms with Gasteiger partial charge in [-0.25, -0.2) is 0 Å². The number of nitrogens with zero attached hydrogens (tertiary/aromatic N) is 1. The number of benzene rings is 2. The zero-order chi connectivity index (χ0) is 17.8. The smallest absolute Gasteiger partial charge is 0.257 e. The minimum atomic E-state index is -0.0308. The van der Waals surface area contributed by atoms with Crippen LogP contribution < -0.4 is 4.74 Å². The molecule has 25 heavy (non-hydrogen) atoms. The molecule has 0 aromatic heterocycles. The van der Waals surface area contributed by atoms with Crippen molar-refractivity contribution in [2.45, 2.75) is 32.7 Å². The molecule has 1 aliphatic heterocycles. The molecule has 0 unspecified atom stereocenters. The van der Waals surface area contributed by atoms with E-state index in [1.165, 1.54) is 0 Å². The second-order valence-corrected chi connectivity index (χ2v) is 6.75. The van der Waals surface area contributed by atoms with Crippen LogP contribution >= 0.6 is 11.6 Å². The van der Waals surface area contributed by atoms with E-state index in [9.17, 15) is 4.79 Å². The van der Waals surface area contributed by atoms with Crippen molar-refractivity contribution in [3.8, 4) is 5.75 Å². The highest BCUT2D eigenvalue weighted by molar-refractivity contribution is 6.31. The maximum Gasteiger partial charge on any atom is 0.257 e. The lowest BCUT2D eigenvalue weighted by molar-refractivity contribution is -0.0586. The Kier molecular flexibility index (Phi) is 5.61. The first-order valence-electron chi connectivity index (χ1n) is 8.44. The SMILES string of the molecule is C[C@H]1CN(C(=O)c2ccccc2OCc2ccccc2Cl)C[C@H](C)O1. The quantitative estimate of drug-likeness (QED) is 0.822. The molecule has 1 aliphatic rings. The minimum absolute atomic E-state index is 0.0308. The molecule has 1 amide bonds. The van der Waals surface area contributed by atoms with Crippen molar-refractivity contribution in [2.75, 3.05) is 13.1 Å². The van der Waals surface area contributed by atoms with Gasteiger partial charge in [0.05, 0.1) is 17.8 Å². The van der Waals surface area contributed by atoms with Crippen molar-refractivity contribution in [3.63, 3.8) is 0 Å². The van der Waals surface area contributed by atoms with Crippen LogP contribution in [0.25, 0.3) is 0 Å². The fourth-order valence-corrected chi connectivity index (χ4v) is 3.24. The molecule has 0 saturated carbocycles. The lowest BCUT2D eigenvalue weighted by Gasteiger charge is -2.35. The minimum Gasteiger partial charge on any atom is -0.488 e.